The van der Waals surface area contributed by atoms with Crippen LogP contribution in [0, 0.1) is 0 Å². The number of hydrogen-bond donors (Lipinski definition) is 0. The summed E-state index contributed by atoms with van der Waals surface area (Å²) in [4.78, 5) is 0. The largest absolute Gasteiger partial charge is 0.463 e. The zero-order chi connectivity index (χ0) is 10.4. The van der Waals surface area contributed by atoms with Crippen LogP contribution in [0.2, 0.25) is 0 Å². The number of alkyl halides is 2. The molecular weight excluding hydrogens is 194 g/mol. The Morgan fingerprint density at radius 2 is 1.86 bits per heavy atom. The van der Waals surface area contributed by atoms with Crippen molar-refractivity contribution < 1.29 is 23.4 Å². The Morgan fingerprint density at radius 3 is 2.43 bits per heavy atom. The van der Waals surface area contributed by atoms with Crippen molar-refractivity contribution in [3.8, 4) is 11.5 Å². The molecule has 0 aromatic heterocycles. The molecule has 0 aliphatic carbocycles. The Balaban J connectivity index is 2.88. The summed E-state index contributed by atoms with van der Waals surface area (Å²) in [6.07, 6.45) is 0. The Hall–Kier alpha value is -1.36. The average Bonchev–Trinajstić information content (AvgIpc) is 2.19. The van der Waals surface area contributed by atoms with E-state index >= 15 is 0 Å². The van der Waals surface area contributed by atoms with Crippen LogP contribution in [-0.2, 0) is 11.7 Å². The highest BCUT2D eigenvalue weighted by Gasteiger charge is 2.05. The molecule has 0 spiro atoms. The van der Waals surface area contributed by atoms with Crippen LogP contribution >= 0.6 is 0 Å². The zero-order valence-corrected chi connectivity index (χ0v) is 7.33. The maximum Gasteiger partial charge on any atom is 0.228 e. The highest BCUT2D eigenvalue weighted by Crippen LogP contribution is 2.25. The summed E-state index contributed by atoms with van der Waals surface area (Å²) in [6, 6.07) is 4.13. The van der Waals surface area contributed by atoms with E-state index < -0.39 is 20.3 Å². The van der Waals surface area contributed by atoms with Crippen LogP contribution in [-0.4, -0.2) is 13.7 Å². The molecule has 0 fully saturated rings. The molecule has 0 atom stereocenters. The monoisotopic (exact) mass is 203 g/mol. The fourth-order valence-electron chi connectivity index (χ4n) is 1.00. The number of halogens is 2. The molecule has 0 saturated heterocycles. The molecular formula is C9H9F2O3. The van der Waals surface area contributed by atoms with Gasteiger partial charge in [-0.3, -0.25) is 0 Å². The minimum Gasteiger partial charge on any atom is -0.463 e. The van der Waals surface area contributed by atoms with Gasteiger partial charge < -0.3 is 9.47 Å². The van der Waals surface area contributed by atoms with Crippen molar-refractivity contribution in [2.24, 2.45) is 0 Å². The summed E-state index contributed by atoms with van der Waals surface area (Å²) in [5.41, 5.74) is 0.314. The fraction of sp³-hybridized carbons (Fsp3) is 0.333. The van der Waals surface area contributed by atoms with E-state index in [2.05, 4.69) is 9.47 Å². The van der Waals surface area contributed by atoms with E-state index in [1.807, 2.05) is 0 Å². The van der Waals surface area contributed by atoms with E-state index in [1.54, 1.807) is 0 Å². The smallest absolute Gasteiger partial charge is 0.228 e. The van der Waals surface area contributed by atoms with Gasteiger partial charge in [-0.25, -0.2) is 13.9 Å². The molecule has 1 aromatic carbocycles. The quantitative estimate of drug-likeness (QED) is 0.735. The zero-order valence-electron chi connectivity index (χ0n) is 7.33. The van der Waals surface area contributed by atoms with Gasteiger partial charge in [0, 0.05) is 11.6 Å². The van der Waals surface area contributed by atoms with Gasteiger partial charge in [-0.15, -0.1) is 0 Å². The molecule has 0 N–H and O–H groups in total. The van der Waals surface area contributed by atoms with Crippen molar-refractivity contribution in [3.63, 3.8) is 0 Å². The molecule has 1 rings (SSSR count). The third-order valence-electron chi connectivity index (χ3n) is 1.63. The molecule has 0 unspecified atom stereocenters. The summed E-state index contributed by atoms with van der Waals surface area (Å²) in [5, 5.41) is 10.6. The predicted octanol–water partition coefficient (Wildman–Crippen LogP) is 2.23. The Labute approximate surface area is 79.9 Å². The predicted molar refractivity (Wildman–Crippen MR) is 44.0 cm³/mol. The van der Waals surface area contributed by atoms with Crippen LogP contribution < -0.4 is 9.47 Å². The van der Waals surface area contributed by atoms with Gasteiger partial charge in [-0.1, -0.05) is 0 Å². The molecule has 0 amide bonds. The molecule has 77 valence electrons. The first-order chi connectivity index (χ1) is 6.81. The summed E-state index contributed by atoms with van der Waals surface area (Å²) in [7, 11) is 0. The third kappa shape index (κ3) is 2.56. The molecule has 1 radical (unpaired) electrons. The van der Waals surface area contributed by atoms with Crippen LogP contribution in [0.15, 0.2) is 18.2 Å². The molecule has 14 heavy (non-hydrogen) atoms. The molecule has 0 bridgehead atoms. The normalized spacial score (nSPS) is 9.93. The summed E-state index contributed by atoms with van der Waals surface area (Å²) in [6.45, 7) is -2.54. The van der Waals surface area contributed by atoms with E-state index in [0.717, 1.165) is 0 Å². The number of rotatable bonds is 5. The standard InChI is InChI=1S/C9H9F2O3/c10-5-13-8-2-1-7(4-12)9(3-8)14-6-11/h1-3H,4-6H2. The van der Waals surface area contributed by atoms with Gasteiger partial charge in [0.1, 0.15) is 18.1 Å². The van der Waals surface area contributed by atoms with E-state index in [-0.39, 0.29) is 11.5 Å². The van der Waals surface area contributed by atoms with Gasteiger partial charge in [-0.2, -0.15) is 0 Å². The average molecular weight is 203 g/mol. The molecule has 0 aliphatic heterocycles. The highest BCUT2D eigenvalue weighted by atomic mass is 19.1. The topological polar surface area (TPSA) is 38.4 Å². The minimum atomic E-state index is -1.04. The number of hydrogen-bond acceptors (Lipinski definition) is 2. The molecule has 5 heteroatoms. The van der Waals surface area contributed by atoms with E-state index in [9.17, 15) is 13.9 Å². The first kappa shape index (κ1) is 10.7. The number of benzene rings is 1. The lowest BCUT2D eigenvalue weighted by Crippen LogP contribution is -1.97. The van der Waals surface area contributed by atoms with Crippen LogP contribution in [0.25, 0.3) is 0 Å². The molecule has 0 heterocycles. The van der Waals surface area contributed by atoms with Crippen molar-refractivity contribution in [3.05, 3.63) is 23.8 Å². The second kappa shape index (κ2) is 5.39. The summed E-state index contributed by atoms with van der Waals surface area (Å²) in [5.74, 6) is 0.293. The molecule has 3 nitrogen and oxygen atoms in total. The fourth-order valence-corrected chi connectivity index (χ4v) is 1.00. The van der Waals surface area contributed by atoms with Gasteiger partial charge in [-0.05, 0) is 12.1 Å². The third-order valence-corrected chi connectivity index (χ3v) is 1.63. The summed E-state index contributed by atoms with van der Waals surface area (Å²) >= 11 is 0. The SMILES string of the molecule is [O]Cc1ccc(OCF)cc1OCF. The van der Waals surface area contributed by atoms with Crippen LogP contribution in [0.5, 0.6) is 11.5 Å². The first-order valence-corrected chi connectivity index (χ1v) is 3.90. The van der Waals surface area contributed by atoms with Gasteiger partial charge in [0.2, 0.25) is 13.7 Å². The molecule has 0 saturated carbocycles. The minimum absolute atomic E-state index is 0.0912. The second-order valence-corrected chi connectivity index (χ2v) is 2.42. The van der Waals surface area contributed by atoms with Crippen LogP contribution in [0.4, 0.5) is 8.78 Å². The lowest BCUT2D eigenvalue weighted by atomic mass is 10.2. The molecule has 0 aliphatic rings. The van der Waals surface area contributed by atoms with Crippen molar-refractivity contribution >= 4 is 0 Å². The van der Waals surface area contributed by atoms with Crippen LogP contribution in [0.1, 0.15) is 5.56 Å². The summed E-state index contributed by atoms with van der Waals surface area (Å²) < 4.78 is 32.7. The van der Waals surface area contributed by atoms with Crippen molar-refractivity contribution in [1.82, 2.24) is 0 Å². The van der Waals surface area contributed by atoms with Gasteiger partial charge in [0.25, 0.3) is 0 Å². The van der Waals surface area contributed by atoms with E-state index in [4.69, 9.17) is 0 Å². The van der Waals surface area contributed by atoms with Crippen LogP contribution in [0.3, 0.4) is 0 Å². The van der Waals surface area contributed by atoms with Gasteiger partial charge >= 0.3 is 0 Å². The van der Waals surface area contributed by atoms with E-state index in [1.165, 1.54) is 18.2 Å². The second-order valence-electron chi connectivity index (χ2n) is 2.42. The van der Waals surface area contributed by atoms with Crippen molar-refractivity contribution in [1.29, 1.82) is 0 Å². The maximum absolute atomic E-state index is 11.9. The van der Waals surface area contributed by atoms with Crippen molar-refractivity contribution in [2.75, 3.05) is 13.7 Å². The van der Waals surface area contributed by atoms with Crippen molar-refractivity contribution in [2.45, 2.75) is 6.61 Å². The number of ether oxygens (including phenoxy) is 2. The van der Waals surface area contributed by atoms with Gasteiger partial charge in [0.05, 0.1) is 0 Å². The molecule has 1 aromatic rings. The first-order valence-electron chi connectivity index (χ1n) is 3.90. The lowest BCUT2D eigenvalue weighted by molar-refractivity contribution is 0.157. The Morgan fingerprint density at radius 1 is 1.14 bits per heavy atom. The highest BCUT2D eigenvalue weighted by molar-refractivity contribution is 5.40. The lowest BCUT2D eigenvalue weighted by Gasteiger charge is -2.08. The Bertz CT molecular complexity index is 291. The van der Waals surface area contributed by atoms with E-state index in [0.29, 0.717) is 5.56 Å². The van der Waals surface area contributed by atoms with Gasteiger partial charge in [0.15, 0.2) is 0 Å². The maximum atomic E-state index is 11.9. The Kier molecular flexibility index (Phi) is 4.12.